The zero-order valence-electron chi connectivity index (χ0n) is 8.81. The number of halogens is 1. The Labute approximate surface area is 103 Å². The molecule has 1 amide bonds. The smallest absolute Gasteiger partial charge is 0.407 e. The van der Waals surface area contributed by atoms with Crippen LogP contribution in [0.4, 0.5) is 4.79 Å². The maximum atomic E-state index is 11.6. The summed E-state index contributed by atoms with van der Waals surface area (Å²) in [5.41, 5.74) is 0.409. The number of rotatable bonds is 3. The second-order valence-corrected chi connectivity index (χ2v) is 3.95. The van der Waals surface area contributed by atoms with Crippen LogP contribution in [0.15, 0.2) is 24.3 Å². The van der Waals surface area contributed by atoms with Crippen LogP contribution >= 0.6 is 11.6 Å². The highest BCUT2D eigenvalue weighted by molar-refractivity contribution is 6.30. The summed E-state index contributed by atoms with van der Waals surface area (Å²) in [5, 5.41) is 3.02. The van der Waals surface area contributed by atoms with Crippen molar-refractivity contribution in [3.05, 3.63) is 34.9 Å². The summed E-state index contributed by atoms with van der Waals surface area (Å²) in [6.07, 6.45) is -0.906. The fourth-order valence-electron chi connectivity index (χ4n) is 1.36. The molecule has 0 bridgehead atoms. The number of carbonyl (C=O) groups excluding carboxylic acids is 2. The number of hydrogen-bond acceptors (Lipinski definition) is 4. The van der Waals surface area contributed by atoms with Crippen molar-refractivity contribution >= 4 is 23.7 Å². The van der Waals surface area contributed by atoms with E-state index in [-0.39, 0.29) is 6.61 Å². The number of nitrogens with one attached hydrogen (secondary N) is 1. The molecular weight excluding hydrogens is 246 g/mol. The fraction of sp³-hybridized carbons (Fsp3) is 0.273. The lowest BCUT2D eigenvalue weighted by atomic mass is 10.2. The number of amides is 1. The molecule has 1 fully saturated rings. The van der Waals surface area contributed by atoms with E-state index in [0.717, 1.165) is 0 Å². The van der Waals surface area contributed by atoms with Gasteiger partial charge in [-0.3, -0.25) is 0 Å². The molecule has 1 aromatic carbocycles. The quantitative estimate of drug-likeness (QED) is 0.834. The summed E-state index contributed by atoms with van der Waals surface area (Å²) in [6, 6.07) is 6.36. The zero-order chi connectivity index (χ0) is 12.3. The van der Waals surface area contributed by atoms with E-state index in [4.69, 9.17) is 21.1 Å². The Morgan fingerprint density at radius 2 is 2.18 bits per heavy atom. The highest BCUT2D eigenvalue weighted by Gasteiger charge is 2.23. The molecule has 1 atom stereocenters. The number of benzene rings is 1. The maximum absolute atomic E-state index is 11.6. The molecule has 0 aromatic heterocycles. The van der Waals surface area contributed by atoms with Gasteiger partial charge in [-0.05, 0) is 24.3 Å². The lowest BCUT2D eigenvalue weighted by molar-refractivity contribution is 0.0300. The third-order valence-electron chi connectivity index (χ3n) is 2.23. The van der Waals surface area contributed by atoms with Gasteiger partial charge >= 0.3 is 12.1 Å². The number of alkyl carbamates (subject to hydrolysis) is 1. The standard InChI is InChI=1S/C11H10ClNO4/c12-8-3-1-7(2-4-8)10(14)16-6-9-5-13-11(15)17-9/h1-4,9H,5-6H2,(H,13,15). The highest BCUT2D eigenvalue weighted by Crippen LogP contribution is 2.11. The molecule has 1 aromatic rings. The van der Waals surface area contributed by atoms with E-state index in [1.807, 2.05) is 0 Å². The Kier molecular flexibility index (Phi) is 3.49. The topological polar surface area (TPSA) is 64.6 Å². The lowest BCUT2D eigenvalue weighted by Gasteiger charge is -2.08. The molecule has 0 saturated carbocycles. The molecule has 1 N–H and O–H groups in total. The third-order valence-corrected chi connectivity index (χ3v) is 2.48. The normalized spacial score (nSPS) is 18.4. The first-order chi connectivity index (χ1) is 8.15. The van der Waals surface area contributed by atoms with Crippen LogP contribution < -0.4 is 5.32 Å². The van der Waals surface area contributed by atoms with Gasteiger partial charge in [0.15, 0.2) is 6.10 Å². The Bertz CT molecular complexity index is 432. The third kappa shape index (κ3) is 3.10. The summed E-state index contributed by atoms with van der Waals surface area (Å²) in [7, 11) is 0. The van der Waals surface area contributed by atoms with Gasteiger partial charge < -0.3 is 14.8 Å². The van der Waals surface area contributed by atoms with Gasteiger partial charge in [0.1, 0.15) is 6.61 Å². The highest BCUT2D eigenvalue weighted by atomic mass is 35.5. The van der Waals surface area contributed by atoms with Crippen LogP contribution in [0, 0.1) is 0 Å². The molecule has 1 saturated heterocycles. The van der Waals surface area contributed by atoms with Crippen molar-refractivity contribution in [2.45, 2.75) is 6.10 Å². The van der Waals surface area contributed by atoms with E-state index in [9.17, 15) is 9.59 Å². The molecule has 17 heavy (non-hydrogen) atoms. The molecular formula is C11H10ClNO4. The van der Waals surface area contributed by atoms with Gasteiger partial charge in [0, 0.05) is 5.02 Å². The van der Waals surface area contributed by atoms with Crippen molar-refractivity contribution < 1.29 is 19.1 Å². The predicted octanol–water partition coefficient (Wildman–Crippen LogP) is 1.61. The summed E-state index contributed by atoms with van der Waals surface area (Å²) in [4.78, 5) is 22.3. The Morgan fingerprint density at radius 3 is 2.76 bits per heavy atom. The zero-order valence-corrected chi connectivity index (χ0v) is 9.57. The first kappa shape index (κ1) is 11.7. The van der Waals surface area contributed by atoms with Gasteiger partial charge in [0.05, 0.1) is 12.1 Å². The van der Waals surface area contributed by atoms with Crippen molar-refractivity contribution in [2.24, 2.45) is 0 Å². The van der Waals surface area contributed by atoms with Crippen LogP contribution in [0.3, 0.4) is 0 Å². The number of cyclic esters (lactones) is 1. The van der Waals surface area contributed by atoms with Crippen molar-refractivity contribution in [2.75, 3.05) is 13.2 Å². The second-order valence-electron chi connectivity index (χ2n) is 3.51. The molecule has 1 aliphatic rings. The van der Waals surface area contributed by atoms with Gasteiger partial charge in [-0.15, -0.1) is 0 Å². The number of carbonyl (C=O) groups is 2. The SMILES string of the molecule is O=C1NCC(COC(=O)c2ccc(Cl)cc2)O1. The van der Waals surface area contributed by atoms with E-state index >= 15 is 0 Å². The van der Waals surface area contributed by atoms with Crippen molar-refractivity contribution in [3.63, 3.8) is 0 Å². The summed E-state index contributed by atoms with van der Waals surface area (Å²) in [6.45, 7) is 0.396. The second kappa shape index (κ2) is 5.05. The Balaban J connectivity index is 1.85. The minimum absolute atomic E-state index is 0.0419. The molecule has 2 rings (SSSR count). The first-order valence-electron chi connectivity index (χ1n) is 5.02. The molecule has 1 aliphatic heterocycles. The summed E-state index contributed by atoms with van der Waals surface area (Å²) < 4.78 is 9.82. The van der Waals surface area contributed by atoms with Gasteiger partial charge in [-0.25, -0.2) is 9.59 Å². The van der Waals surface area contributed by atoms with Crippen LogP contribution in [0.5, 0.6) is 0 Å². The average Bonchev–Trinajstić information content (AvgIpc) is 2.73. The number of ether oxygens (including phenoxy) is 2. The molecule has 1 heterocycles. The fourth-order valence-corrected chi connectivity index (χ4v) is 1.49. The predicted molar refractivity (Wildman–Crippen MR) is 60.0 cm³/mol. The first-order valence-corrected chi connectivity index (χ1v) is 5.40. The average molecular weight is 256 g/mol. The molecule has 0 aliphatic carbocycles. The molecule has 90 valence electrons. The van der Waals surface area contributed by atoms with Crippen LogP contribution in [-0.2, 0) is 9.47 Å². The largest absolute Gasteiger partial charge is 0.458 e. The van der Waals surface area contributed by atoms with Crippen LogP contribution in [-0.4, -0.2) is 31.3 Å². The van der Waals surface area contributed by atoms with E-state index < -0.39 is 18.2 Å². The van der Waals surface area contributed by atoms with Gasteiger partial charge in [-0.1, -0.05) is 11.6 Å². The molecule has 6 heteroatoms. The lowest BCUT2D eigenvalue weighted by Crippen LogP contribution is -2.22. The molecule has 0 spiro atoms. The van der Waals surface area contributed by atoms with Crippen molar-refractivity contribution in [1.29, 1.82) is 0 Å². The van der Waals surface area contributed by atoms with Gasteiger partial charge in [-0.2, -0.15) is 0 Å². The minimum Gasteiger partial charge on any atom is -0.458 e. The van der Waals surface area contributed by atoms with Crippen LogP contribution in [0.1, 0.15) is 10.4 Å². The van der Waals surface area contributed by atoms with E-state index in [1.54, 1.807) is 24.3 Å². The van der Waals surface area contributed by atoms with Crippen LogP contribution in [0.2, 0.25) is 5.02 Å². The summed E-state index contributed by atoms with van der Waals surface area (Å²) in [5.74, 6) is -0.468. The van der Waals surface area contributed by atoms with Gasteiger partial charge in [0.25, 0.3) is 0 Å². The summed E-state index contributed by atoms with van der Waals surface area (Å²) >= 11 is 5.70. The van der Waals surface area contributed by atoms with Crippen molar-refractivity contribution in [3.8, 4) is 0 Å². The molecule has 5 nitrogen and oxygen atoms in total. The van der Waals surface area contributed by atoms with E-state index in [2.05, 4.69) is 5.32 Å². The number of hydrogen-bond donors (Lipinski definition) is 1. The minimum atomic E-state index is -0.488. The van der Waals surface area contributed by atoms with Gasteiger partial charge in [0.2, 0.25) is 0 Å². The monoisotopic (exact) mass is 255 g/mol. The van der Waals surface area contributed by atoms with Crippen molar-refractivity contribution in [1.82, 2.24) is 5.32 Å². The Hall–Kier alpha value is -1.75. The molecule has 1 unspecified atom stereocenters. The molecule has 0 radical (unpaired) electrons. The van der Waals surface area contributed by atoms with E-state index in [1.165, 1.54) is 0 Å². The maximum Gasteiger partial charge on any atom is 0.407 e. The Morgan fingerprint density at radius 1 is 1.47 bits per heavy atom. The number of esters is 1. The van der Waals surface area contributed by atoms with Crippen LogP contribution in [0.25, 0.3) is 0 Å². The van der Waals surface area contributed by atoms with E-state index in [0.29, 0.717) is 17.1 Å².